The molecule has 1 N–H and O–H groups in total. The molecular weight excluding hydrogens is 289 g/mol. The van der Waals surface area contributed by atoms with Gasteiger partial charge in [-0.3, -0.25) is 0 Å². The second-order valence-corrected chi connectivity index (χ2v) is 6.10. The van der Waals surface area contributed by atoms with E-state index in [0.717, 1.165) is 25.5 Å². The van der Waals surface area contributed by atoms with Crippen LogP contribution in [0.4, 0.5) is 0 Å². The maximum atomic E-state index is 6.10. The third-order valence-electron chi connectivity index (χ3n) is 3.15. The second-order valence-electron chi connectivity index (χ2n) is 4.37. The minimum atomic E-state index is 0.328. The molecule has 0 aromatic heterocycles. The van der Waals surface area contributed by atoms with E-state index in [1.807, 2.05) is 30.0 Å². The Bertz CT molecular complexity index is 403. The Morgan fingerprint density at radius 3 is 2.94 bits per heavy atom. The van der Waals surface area contributed by atoms with E-state index in [0.29, 0.717) is 22.0 Å². The monoisotopic (exact) mass is 305 g/mol. The molecule has 100 valence electrons. The molecule has 0 amide bonds. The summed E-state index contributed by atoms with van der Waals surface area (Å²) in [5, 5.41) is 4.76. The number of rotatable bonds is 3. The molecule has 1 aromatic carbocycles. The molecule has 5 heteroatoms. The minimum absolute atomic E-state index is 0.328. The highest BCUT2D eigenvalue weighted by Crippen LogP contribution is 2.29. The van der Waals surface area contributed by atoms with Crippen molar-refractivity contribution >= 4 is 35.0 Å². The predicted octanol–water partition coefficient (Wildman–Crippen LogP) is 3.43. The Morgan fingerprint density at radius 2 is 2.22 bits per heavy atom. The van der Waals surface area contributed by atoms with E-state index in [2.05, 4.69) is 11.6 Å². The lowest BCUT2D eigenvalue weighted by atomic mass is 9.93. The summed E-state index contributed by atoms with van der Waals surface area (Å²) in [6.07, 6.45) is 2.12. The summed E-state index contributed by atoms with van der Waals surface area (Å²) >= 11 is 13.9. The molecule has 1 aromatic rings. The van der Waals surface area contributed by atoms with E-state index in [4.69, 9.17) is 27.9 Å². The van der Waals surface area contributed by atoms with Gasteiger partial charge in [-0.2, -0.15) is 11.8 Å². The number of ether oxygens (including phenoxy) is 1. The molecule has 0 aliphatic carbocycles. The van der Waals surface area contributed by atoms with E-state index in [9.17, 15) is 0 Å². The van der Waals surface area contributed by atoms with Gasteiger partial charge >= 0.3 is 0 Å². The van der Waals surface area contributed by atoms with Crippen LogP contribution in [0.1, 0.15) is 11.5 Å². The Morgan fingerprint density at radius 1 is 1.39 bits per heavy atom. The molecule has 2 nitrogen and oxygen atoms in total. The van der Waals surface area contributed by atoms with Crippen LogP contribution in [0.2, 0.25) is 10.0 Å². The summed E-state index contributed by atoms with van der Waals surface area (Å²) in [6, 6.07) is 6.28. The zero-order chi connectivity index (χ0) is 13.0. The van der Waals surface area contributed by atoms with Crippen molar-refractivity contribution in [2.45, 2.75) is 12.0 Å². The molecule has 2 unspecified atom stereocenters. The number of halogens is 2. The van der Waals surface area contributed by atoms with E-state index in [-0.39, 0.29) is 0 Å². The molecular formula is C13H17Cl2NOS. The van der Waals surface area contributed by atoms with Crippen molar-refractivity contribution in [2.75, 3.05) is 31.8 Å². The maximum absolute atomic E-state index is 6.10. The summed E-state index contributed by atoms with van der Waals surface area (Å²) < 4.78 is 5.66. The molecule has 0 spiro atoms. The summed E-state index contributed by atoms with van der Waals surface area (Å²) in [5.74, 6) is 1.39. The lowest BCUT2D eigenvalue weighted by Gasteiger charge is -2.25. The smallest absolute Gasteiger partial charge is 0.0595 e. The Kier molecular flexibility index (Phi) is 5.64. The van der Waals surface area contributed by atoms with E-state index >= 15 is 0 Å². The van der Waals surface area contributed by atoms with Crippen molar-refractivity contribution in [3.63, 3.8) is 0 Å². The molecule has 2 rings (SSSR count). The minimum Gasteiger partial charge on any atom is -0.379 e. The summed E-state index contributed by atoms with van der Waals surface area (Å²) in [5.41, 5.74) is 1.19. The van der Waals surface area contributed by atoms with Crippen molar-refractivity contribution in [3.05, 3.63) is 33.8 Å². The normalized spacial score (nSPS) is 24.8. The van der Waals surface area contributed by atoms with E-state index in [1.165, 1.54) is 5.56 Å². The van der Waals surface area contributed by atoms with E-state index in [1.54, 1.807) is 0 Å². The molecule has 0 radical (unpaired) electrons. The first-order valence-electron chi connectivity index (χ1n) is 5.97. The van der Waals surface area contributed by atoms with Crippen LogP contribution in [0.3, 0.4) is 0 Å². The average molecular weight is 306 g/mol. The third-order valence-corrected chi connectivity index (χ3v) is 4.59. The van der Waals surface area contributed by atoms with Crippen molar-refractivity contribution in [2.24, 2.45) is 0 Å². The van der Waals surface area contributed by atoms with Gasteiger partial charge in [0.2, 0.25) is 0 Å². The van der Waals surface area contributed by atoms with Gasteiger partial charge in [-0.15, -0.1) is 0 Å². The highest BCUT2D eigenvalue weighted by atomic mass is 35.5. The number of nitrogens with one attached hydrogen (secondary N) is 1. The van der Waals surface area contributed by atoms with Crippen molar-refractivity contribution in [1.82, 2.24) is 5.32 Å². The van der Waals surface area contributed by atoms with Crippen molar-refractivity contribution in [1.29, 1.82) is 0 Å². The van der Waals surface area contributed by atoms with Gasteiger partial charge in [0.1, 0.15) is 0 Å². The first kappa shape index (κ1) is 14.5. The largest absolute Gasteiger partial charge is 0.379 e. The van der Waals surface area contributed by atoms with Gasteiger partial charge in [0.05, 0.1) is 23.3 Å². The second kappa shape index (κ2) is 7.01. The van der Waals surface area contributed by atoms with Gasteiger partial charge in [-0.05, 0) is 24.0 Å². The van der Waals surface area contributed by atoms with Crippen LogP contribution in [-0.2, 0) is 4.74 Å². The number of thioether (sulfide) groups is 1. The highest BCUT2D eigenvalue weighted by molar-refractivity contribution is 7.98. The molecule has 0 bridgehead atoms. The molecule has 1 fully saturated rings. The first-order chi connectivity index (χ1) is 8.72. The number of benzene rings is 1. The van der Waals surface area contributed by atoms with Gasteiger partial charge in [-0.25, -0.2) is 0 Å². The van der Waals surface area contributed by atoms with Crippen LogP contribution in [0.5, 0.6) is 0 Å². The first-order valence-corrected chi connectivity index (χ1v) is 8.12. The van der Waals surface area contributed by atoms with Gasteiger partial charge in [0.15, 0.2) is 0 Å². The predicted molar refractivity (Wildman–Crippen MR) is 80.2 cm³/mol. The third kappa shape index (κ3) is 3.55. The Hall–Kier alpha value is 0.0700. The number of hydrogen-bond acceptors (Lipinski definition) is 3. The van der Waals surface area contributed by atoms with Crippen LogP contribution in [0.15, 0.2) is 18.2 Å². The molecule has 1 aliphatic rings. The topological polar surface area (TPSA) is 21.3 Å². The molecule has 1 aliphatic heterocycles. The maximum Gasteiger partial charge on any atom is 0.0595 e. The molecule has 1 heterocycles. The average Bonchev–Trinajstić information content (AvgIpc) is 2.59. The Labute approximate surface area is 122 Å². The van der Waals surface area contributed by atoms with Gasteiger partial charge in [0, 0.05) is 24.3 Å². The zero-order valence-corrected chi connectivity index (χ0v) is 12.6. The molecule has 1 saturated heterocycles. The zero-order valence-electron chi connectivity index (χ0n) is 10.3. The quantitative estimate of drug-likeness (QED) is 0.924. The van der Waals surface area contributed by atoms with Gasteiger partial charge in [0.25, 0.3) is 0 Å². The van der Waals surface area contributed by atoms with E-state index < -0.39 is 0 Å². The van der Waals surface area contributed by atoms with Crippen molar-refractivity contribution < 1.29 is 4.74 Å². The molecule has 0 saturated carbocycles. The summed E-state index contributed by atoms with van der Waals surface area (Å²) in [7, 11) is 0. The molecule has 2 atom stereocenters. The standard InChI is InChI=1S/C13H17Cl2NOS/c1-18-8-13-10(7-17-5-4-16-13)9-2-3-11(14)12(15)6-9/h2-3,6,10,13,16H,4-5,7-8H2,1H3. The van der Waals surface area contributed by atoms with Crippen LogP contribution >= 0.6 is 35.0 Å². The van der Waals surface area contributed by atoms with Crippen LogP contribution in [0.25, 0.3) is 0 Å². The fourth-order valence-corrected chi connectivity index (χ4v) is 3.23. The van der Waals surface area contributed by atoms with Gasteiger partial charge < -0.3 is 10.1 Å². The van der Waals surface area contributed by atoms with Gasteiger partial charge in [-0.1, -0.05) is 29.3 Å². The number of hydrogen-bond donors (Lipinski definition) is 1. The fraction of sp³-hybridized carbons (Fsp3) is 0.538. The van der Waals surface area contributed by atoms with Crippen molar-refractivity contribution in [3.8, 4) is 0 Å². The lowest BCUT2D eigenvalue weighted by Crippen LogP contribution is -2.37. The van der Waals surface area contributed by atoms with Crippen LogP contribution < -0.4 is 5.32 Å². The summed E-state index contributed by atoms with van der Waals surface area (Å²) in [6.45, 7) is 2.40. The highest BCUT2D eigenvalue weighted by Gasteiger charge is 2.25. The Balaban J connectivity index is 2.22. The van der Waals surface area contributed by atoms with Crippen LogP contribution in [0, 0.1) is 0 Å². The molecule has 18 heavy (non-hydrogen) atoms. The van der Waals surface area contributed by atoms with Crippen LogP contribution in [-0.4, -0.2) is 37.8 Å². The fourth-order valence-electron chi connectivity index (χ4n) is 2.21. The summed E-state index contributed by atoms with van der Waals surface area (Å²) in [4.78, 5) is 0. The SMILES string of the molecule is CSCC1NCCOCC1c1ccc(Cl)c(Cl)c1. The lowest BCUT2D eigenvalue weighted by molar-refractivity contribution is 0.138.